The van der Waals surface area contributed by atoms with E-state index < -0.39 is 43.6 Å². The molecule has 91 heavy (non-hydrogen) atoms. The molecule has 3 atom stereocenters. The topological polar surface area (TPSA) is 248 Å². The average molecular weight is 1890 g/mol. The molecule has 541 valence electrons. The van der Waals surface area contributed by atoms with E-state index in [2.05, 4.69) is 133 Å². The molecule has 0 amide bonds. The molecule has 10 aliphatic rings. The van der Waals surface area contributed by atoms with Gasteiger partial charge in [-0.15, -0.1) is 39.3 Å². The Balaban J connectivity index is 0.000000547. The molecule has 9 aliphatic heterocycles. The summed E-state index contributed by atoms with van der Waals surface area (Å²) in [4.78, 5) is 22.5. The summed E-state index contributed by atoms with van der Waals surface area (Å²) in [5, 5.41) is 19.8. The molecule has 30 heteroatoms. The van der Waals surface area contributed by atoms with Gasteiger partial charge in [0, 0.05) is 206 Å². The van der Waals surface area contributed by atoms with Crippen LogP contribution in [0, 0.1) is 0 Å². The Morgan fingerprint density at radius 2 is 0.758 bits per heavy atom. The summed E-state index contributed by atoms with van der Waals surface area (Å²) in [6.45, 7) is 40.4. The third-order valence-corrected chi connectivity index (χ3v) is 21.9. The first-order valence-corrected chi connectivity index (χ1v) is 38.9. The van der Waals surface area contributed by atoms with Crippen LogP contribution in [0.5, 0.6) is 0 Å². The fourth-order valence-corrected chi connectivity index (χ4v) is 15.4. The summed E-state index contributed by atoms with van der Waals surface area (Å²) in [5.74, 6) is 0.370. The van der Waals surface area contributed by atoms with Crippen molar-refractivity contribution in [2.45, 2.75) is 237 Å². The summed E-state index contributed by atoms with van der Waals surface area (Å²) in [7, 11) is 1.93. The summed E-state index contributed by atoms with van der Waals surface area (Å²) in [5.41, 5.74) is 5.56. The number of piperidine rings is 4. The Labute approximate surface area is 602 Å². The maximum Gasteiger partial charge on any atom is 0.237 e. The van der Waals surface area contributed by atoms with Crippen LogP contribution in [0.1, 0.15) is 153 Å². The molecule has 9 heterocycles. The van der Waals surface area contributed by atoms with Crippen molar-refractivity contribution in [3.8, 4) is 0 Å². The minimum absolute atomic E-state index is 0. The zero-order valence-electron chi connectivity index (χ0n) is 58.4. The van der Waals surface area contributed by atoms with E-state index in [9.17, 15) is 25.8 Å². The summed E-state index contributed by atoms with van der Waals surface area (Å²) in [6.07, 6.45) is 16.5. The summed E-state index contributed by atoms with van der Waals surface area (Å²) in [6, 6.07) is 7.48. The average Bonchev–Trinajstić information content (AvgIpc) is 1.13. The molecule has 23 nitrogen and oxygen atoms in total. The van der Waals surface area contributed by atoms with Crippen LogP contribution in [-0.2, 0) is 122 Å². The Hall–Kier alpha value is 1.38. The normalized spacial score (nSPS) is 23.8. The van der Waals surface area contributed by atoms with Crippen LogP contribution in [0.25, 0.3) is 16.0 Å². The molecule has 0 spiro atoms. The van der Waals surface area contributed by atoms with Crippen LogP contribution >= 0.6 is 0 Å². The van der Waals surface area contributed by atoms with Gasteiger partial charge >= 0.3 is 0 Å². The maximum absolute atomic E-state index is 12.1. The van der Waals surface area contributed by atoms with Gasteiger partial charge in [-0.2, -0.15) is 12.9 Å². The van der Waals surface area contributed by atoms with Gasteiger partial charge in [-0.25, -0.2) is 21.0 Å². The molecular weight excluding hydrogens is 1760 g/mol. The van der Waals surface area contributed by atoms with E-state index in [0.29, 0.717) is 85.1 Å². The number of rotatable bonds is 19. The van der Waals surface area contributed by atoms with Crippen LogP contribution in [0.15, 0.2) is 0 Å². The Morgan fingerprint density at radius 1 is 0.462 bits per heavy atom. The van der Waals surface area contributed by atoms with Crippen molar-refractivity contribution in [2.75, 3.05) is 152 Å². The number of sulfone groups is 1. The number of likely N-dealkylation sites (tertiary alicyclic amines) is 5. The first kappa shape index (κ1) is 90.4. The molecule has 0 bridgehead atoms. The van der Waals surface area contributed by atoms with Gasteiger partial charge in [0.1, 0.15) is 15.6 Å². The van der Waals surface area contributed by atoms with Crippen molar-refractivity contribution in [3.05, 3.63) is 16.0 Å². The molecule has 1 saturated carbocycles. The van der Waals surface area contributed by atoms with Gasteiger partial charge in [0.15, 0.2) is 0 Å². The molecule has 0 aromatic carbocycles. The zero-order valence-corrected chi connectivity index (χ0v) is 69.9. The fourth-order valence-electron chi connectivity index (χ4n) is 12.4. The molecule has 10 fully saturated rings. The minimum Gasteiger partial charge on any atom is -0.662 e. The molecule has 10 rings (SSSR count). The molecule has 9 saturated heterocycles. The predicted octanol–water partition coefficient (Wildman–Crippen LogP) is 5.06. The van der Waals surface area contributed by atoms with Crippen molar-refractivity contribution >= 4 is 49.4 Å². The van der Waals surface area contributed by atoms with Gasteiger partial charge in [0.25, 0.3) is 0 Å². The SMILES string of the molecule is CC(C)N1CC(N)C1.CC(C)N1CC(NC2CC[N-]CC2)C1.COS(=O)N(C1CCCCC1)C1CN(C(C)C)C1.COS(=O)N(C1CCNCC1)C1CN(C(C)C)C1.COS(=O)N(C1CC[N-]CC1)C1CN(C(C)C)C1.CS(C)(=O)=O.O=C1CC[N-]CC1.[Re].[Re].[Re]. The largest absolute Gasteiger partial charge is 0.662 e. The van der Waals surface area contributed by atoms with E-state index in [-0.39, 0.29) is 61.3 Å². The number of carbonyl (C=O) groups is 1. The number of hydrogen-bond acceptors (Lipinski definition) is 17. The van der Waals surface area contributed by atoms with Gasteiger partial charge in [-0.1, -0.05) is 44.9 Å². The standard InChI is InChI=1S/C13H26N2O2S.C12H25N3O2S.C12H24N3O2S.C11H22N3.C6H14N2.C5H8NO.C2H6O2S.3Re/c1-11(2)14-9-13(10-14)15(18(16)17-3)12-7-5-4-6-8-12;2*1-10(2)14-8-12(9-14)15(18(16)17-3)11-4-6-13-7-5-11;1-9(2)14-7-11(8-14)13-10-3-5-12-6-4-10;1-5(2)8-3-6(7)4-8;7-5-1-3-6-4-2-5;1-5(2,3)4;;;/h11-13H,4-10H2,1-3H3;10-13H,4-9H2,1-3H3;10-12H,4-9H2,1-3H3;9-11,13H,3-8H2,1-2H3;5-6H,3-4,7H2,1-2H3;1-4H2;1-2H3;;;/q;;2*-1;;-1;;;;. The number of ketones is 1. The molecular formula is C61H125N14O9Re3S4-3. The van der Waals surface area contributed by atoms with E-state index in [1.54, 1.807) is 7.11 Å². The van der Waals surface area contributed by atoms with Crippen LogP contribution in [0.4, 0.5) is 0 Å². The van der Waals surface area contributed by atoms with E-state index in [1.807, 2.05) is 0 Å². The molecule has 1 aliphatic carbocycles. The third-order valence-electron chi connectivity index (χ3n) is 18.2. The number of carbonyl (C=O) groups excluding carboxylic acids is 1. The summed E-state index contributed by atoms with van der Waals surface area (Å²) >= 11 is -3.86. The van der Waals surface area contributed by atoms with Crippen LogP contribution < -0.4 is 16.4 Å². The molecule has 0 aromatic heterocycles. The number of hydrogen-bond donors (Lipinski definition) is 3. The van der Waals surface area contributed by atoms with Gasteiger partial charge < -0.3 is 32.3 Å². The second kappa shape index (κ2) is 48.2. The van der Waals surface area contributed by atoms with Crippen LogP contribution in [0.3, 0.4) is 0 Å². The number of nitrogens with two attached hydrogens (primary N) is 1. The van der Waals surface area contributed by atoms with Crippen molar-refractivity contribution in [3.63, 3.8) is 0 Å². The second-order valence-electron chi connectivity index (χ2n) is 27.0. The van der Waals surface area contributed by atoms with Crippen molar-refractivity contribution in [1.29, 1.82) is 0 Å². The van der Waals surface area contributed by atoms with Gasteiger partial charge in [0.2, 0.25) is 33.8 Å². The van der Waals surface area contributed by atoms with Crippen molar-refractivity contribution < 1.29 is 99.7 Å². The number of Topliss-reactive ketones (excluding diaryl/α,β-unsaturated/α-hetero) is 1. The van der Waals surface area contributed by atoms with Crippen LogP contribution in [-0.4, -0.2) is 300 Å². The first-order chi connectivity index (χ1) is 41.7. The Bertz CT molecular complexity index is 1940. The predicted molar refractivity (Wildman–Crippen MR) is 364 cm³/mol. The molecule has 3 radical (unpaired) electrons. The second-order valence-corrected chi connectivity index (χ2v) is 32.9. The van der Waals surface area contributed by atoms with E-state index in [1.165, 1.54) is 72.3 Å². The van der Waals surface area contributed by atoms with E-state index >= 15 is 0 Å². The molecule has 0 aromatic rings. The number of nitrogens with zero attached hydrogens (tertiary/aromatic N) is 11. The zero-order chi connectivity index (χ0) is 65.1. The fraction of sp³-hybridized carbons (Fsp3) is 0.984. The molecule has 4 N–H and O–H groups in total. The van der Waals surface area contributed by atoms with Crippen molar-refractivity contribution in [1.82, 2.24) is 48.0 Å². The van der Waals surface area contributed by atoms with Crippen molar-refractivity contribution in [2.24, 2.45) is 5.73 Å². The molecule has 3 unspecified atom stereocenters. The monoisotopic (exact) mass is 1890 g/mol. The van der Waals surface area contributed by atoms with Gasteiger partial charge in [0.05, 0.1) is 39.5 Å². The smallest absolute Gasteiger partial charge is 0.237 e. The minimum atomic E-state index is -2.67. The third kappa shape index (κ3) is 33.6. The first-order valence-electron chi connectivity index (χ1n) is 33.5. The van der Waals surface area contributed by atoms with Gasteiger partial charge in [-0.3, -0.25) is 41.8 Å². The van der Waals surface area contributed by atoms with Crippen LogP contribution in [0.2, 0.25) is 0 Å². The number of nitrogens with one attached hydrogen (secondary N) is 2. The summed E-state index contributed by atoms with van der Waals surface area (Å²) < 4.78 is 77.1. The quantitative estimate of drug-likeness (QED) is 0.153. The maximum atomic E-state index is 12.1. The Morgan fingerprint density at radius 3 is 1.05 bits per heavy atom. The Kier molecular flexibility index (Phi) is 47.9. The van der Waals surface area contributed by atoms with E-state index in [4.69, 9.17) is 18.3 Å². The van der Waals surface area contributed by atoms with E-state index in [0.717, 1.165) is 161 Å². The van der Waals surface area contributed by atoms with Gasteiger partial charge in [-0.05, 0) is 121 Å².